The molecular weight excluding hydrogens is 292 g/mol. The van der Waals surface area contributed by atoms with Crippen molar-refractivity contribution < 1.29 is 14.7 Å². The van der Waals surface area contributed by atoms with Crippen molar-refractivity contribution in [2.45, 2.75) is 32.6 Å². The molecule has 23 heavy (non-hydrogen) atoms. The van der Waals surface area contributed by atoms with Crippen molar-refractivity contribution >= 4 is 11.8 Å². The van der Waals surface area contributed by atoms with E-state index >= 15 is 0 Å². The zero-order chi connectivity index (χ0) is 16.6. The van der Waals surface area contributed by atoms with Crippen LogP contribution in [-0.4, -0.2) is 52.9 Å². The number of phenolic OH excluding ortho intramolecular Hbond substituents is 1. The number of carbonyl (C=O) groups is 2. The van der Waals surface area contributed by atoms with Crippen LogP contribution in [-0.2, 0) is 9.59 Å². The Morgan fingerprint density at radius 2 is 1.87 bits per heavy atom. The maximum atomic E-state index is 12.9. The van der Waals surface area contributed by atoms with Crippen LogP contribution in [0.15, 0.2) is 24.3 Å². The van der Waals surface area contributed by atoms with E-state index in [9.17, 15) is 14.7 Å². The van der Waals surface area contributed by atoms with Gasteiger partial charge in [0, 0.05) is 39.0 Å². The molecule has 2 aliphatic heterocycles. The summed E-state index contributed by atoms with van der Waals surface area (Å²) < 4.78 is 0. The number of amides is 2. The highest BCUT2D eigenvalue weighted by Gasteiger charge is 2.44. The van der Waals surface area contributed by atoms with Crippen molar-refractivity contribution in [3.8, 4) is 5.75 Å². The summed E-state index contributed by atoms with van der Waals surface area (Å²) in [5.41, 5.74) is 0.718. The van der Waals surface area contributed by atoms with Gasteiger partial charge in [0.2, 0.25) is 11.8 Å². The van der Waals surface area contributed by atoms with Crippen LogP contribution >= 0.6 is 0 Å². The van der Waals surface area contributed by atoms with Crippen molar-refractivity contribution in [3.05, 3.63) is 29.8 Å². The SMILES string of the molecule is CC(=O)N1CCC(C)(C(=O)N2CCC(c3ccc(O)cc3)C2)C1. The van der Waals surface area contributed by atoms with Gasteiger partial charge in [-0.05, 0) is 37.5 Å². The largest absolute Gasteiger partial charge is 0.508 e. The fourth-order valence-corrected chi connectivity index (χ4v) is 3.75. The molecule has 2 aliphatic rings. The molecule has 0 aliphatic carbocycles. The van der Waals surface area contributed by atoms with Gasteiger partial charge in [0.1, 0.15) is 5.75 Å². The lowest BCUT2D eigenvalue weighted by Gasteiger charge is -2.29. The first kappa shape index (κ1) is 15.8. The van der Waals surface area contributed by atoms with E-state index in [2.05, 4.69) is 0 Å². The number of likely N-dealkylation sites (tertiary alicyclic amines) is 2. The summed E-state index contributed by atoms with van der Waals surface area (Å²) in [6.45, 7) is 6.23. The molecule has 2 unspecified atom stereocenters. The molecule has 0 spiro atoms. The van der Waals surface area contributed by atoms with Crippen LogP contribution < -0.4 is 0 Å². The molecular formula is C18H24N2O3. The van der Waals surface area contributed by atoms with Crippen molar-refractivity contribution in [1.82, 2.24) is 9.80 Å². The minimum absolute atomic E-state index is 0.0462. The number of benzene rings is 1. The van der Waals surface area contributed by atoms with Crippen molar-refractivity contribution in [1.29, 1.82) is 0 Å². The van der Waals surface area contributed by atoms with Crippen LogP contribution in [0.3, 0.4) is 0 Å². The first-order valence-electron chi connectivity index (χ1n) is 8.23. The van der Waals surface area contributed by atoms with Crippen LogP contribution in [0.2, 0.25) is 0 Å². The zero-order valence-electron chi connectivity index (χ0n) is 13.8. The summed E-state index contributed by atoms with van der Waals surface area (Å²) in [5.74, 6) is 0.809. The number of phenols is 1. The molecule has 0 aromatic heterocycles. The zero-order valence-corrected chi connectivity index (χ0v) is 13.8. The molecule has 2 atom stereocenters. The van der Waals surface area contributed by atoms with E-state index in [1.165, 1.54) is 5.56 Å². The topological polar surface area (TPSA) is 60.9 Å². The van der Waals surface area contributed by atoms with E-state index in [1.807, 2.05) is 24.0 Å². The molecule has 1 N–H and O–H groups in total. The van der Waals surface area contributed by atoms with E-state index in [0.29, 0.717) is 19.0 Å². The van der Waals surface area contributed by atoms with E-state index in [1.54, 1.807) is 24.0 Å². The normalized spacial score (nSPS) is 27.5. The predicted octanol–water partition coefficient (Wildman–Crippen LogP) is 1.97. The minimum Gasteiger partial charge on any atom is -0.508 e. The van der Waals surface area contributed by atoms with Gasteiger partial charge in [-0.25, -0.2) is 0 Å². The van der Waals surface area contributed by atoms with Crippen molar-refractivity contribution in [3.63, 3.8) is 0 Å². The maximum Gasteiger partial charge on any atom is 0.230 e. The van der Waals surface area contributed by atoms with Gasteiger partial charge in [-0.3, -0.25) is 9.59 Å². The molecule has 3 rings (SSSR count). The summed E-state index contributed by atoms with van der Waals surface area (Å²) in [4.78, 5) is 28.2. The first-order chi connectivity index (χ1) is 10.9. The molecule has 2 heterocycles. The van der Waals surface area contributed by atoms with E-state index < -0.39 is 5.41 Å². The Labute approximate surface area is 136 Å². The highest BCUT2D eigenvalue weighted by Crippen LogP contribution is 2.36. The van der Waals surface area contributed by atoms with Gasteiger partial charge < -0.3 is 14.9 Å². The van der Waals surface area contributed by atoms with Gasteiger partial charge in [-0.2, -0.15) is 0 Å². The molecule has 1 aromatic rings. The Kier molecular flexibility index (Phi) is 4.04. The minimum atomic E-state index is -0.449. The summed E-state index contributed by atoms with van der Waals surface area (Å²) in [6, 6.07) is 7.26. The molecule has 124 valence electrons. The molecule has 1 aromatic carbocycles. The second-order valence-electron chi connectivity index (χ2n) is 7.08. The summed E-state index contributed by atoms with van der Waals surface area (Å²) in [6.07, 6.45) is 1.69. The van der Waals surface area contributed by atoms with Gasteiger partial charge >= 0.3 is 0 Å². The first-order valence-corrected chi connectivity index (χ1v) is 8.23. The van der Waals surface area contributed by atoms with Crippen LogP contribution in [0.5, 0.6) is 5.75 Å². The molecule has 2 saturated heterocycles. The Hall–Kier alpha value is -2.04. The van der Waals surface area contributed by atoms with E-state index in [0.717, 1.165) is 25.9 Å². The van der Waals surface area contributed by atoms with Gasteiger partial charge in [0.15, 0.2) is 0 Å². The molecule has 5 heteroatoms. The quantitative estimate of drug-likeness (QED) is 0.907. The number of hydrogen-bond donors (Lipinski definition) is 1. The summed E-state index contributed by atoms with van der Waals surface area (Å²) in [5, 5.41) is 9.39. The fraction of sp³-hybridized carbons (Fsp3) is 0.556. The Morgan fingerprint density at radius 3 is 2.48 bits per heavy atom. The lowest BCUT2D eigenvalue weighted by atomic mass is 9.88. The molecule has 5 nitrogen and oxygen atoms in total. The predicted molar refractivity (Wildman–Crippen MR) is 87.0 cm³/mol. The molecule has 0 bridgehead atoms. The molecule has 2 fully saturated rings. The lowest BCUT2D eigenvalue weighted by molar-refractivity contribution is -0.140. The highest BCUT2D eigenvalue weighted by atomic mass is 16.3. The summed E-state index contributed by atoms with van der Waals surface area (Å²) >= 11 is 0. The van der Waals surface area contributed by atoms with Gasteiger partial charge in [0.25, 0.3) is 0 Å². The number of aromatic hydroxyl groups is 1. The van der Waals surface area contributed by atoms with Crippen LogP contribution in [0.4, 0.5) is 0 Å². The van der Waals surface area contributed by atoms with Crippen LogP contribution in [0.1, 0.15) is 38.2 Å². The summed E-state index contributed by atoms with van der Waals surface area (Å²) in [7, 11) is 0. The maximum absolute atomic E-state index is 12.9. The van der Waals surface area contributed by atoms with E-state index in [4.69, 9.17) is 0 Å². The highest BCUT2D eigenvalue weighted by molar-refractivity contribution is 5.85. The van der Waals surface area contributed by atoms with Crippen molar-refractivity contribution in [2.75, 3.05) is 26.2 Å². The Morgan fingerprint density at radius 1 is 1.17 bits per heavy atom. The standard InChI is InChI=1S/C18H24N2O3/c1-13(21)20-10-8-18(2,12-20)17(23)19-9-7-15(11-19)14-3-5-16(22)6-4-14/h3-6,15,22H,7-12H2,1-2H3. The van der Waals surface area contributed by atoms with Gasteiger partial charge in [-0.1, -0.05) is 12.1 Å². The van der Waals surface area contributed by atoms with E-state index in [-0.39, 0.29) is 17.6 Å². The molecule has 0 radical (unpaired) electrons. The van der Waals surface area contributed by atoms with Gasteiger partial charge in [0.05, 0.1) is 5.41 Å². The smallest absolute Gasteiger partial charge is 0.230 e. The second kappa shape index (κ2) is 5.87. The van der Waals surface area contributed by atoms with Crippen LogP contribution in [0, 0.1) is 5.41 Å². The van der Waals surface area contributed by atoms with Gasteiger partial charge in [-0.15, -0.1) is 0 Å². The average molecular weight is 316 g/mol. The lowest BCUT2D eigenvalue weighted by Crippen LogP contribution is -2.43. The third kappa shape index (κ3) is 3.05. The Bertz CT molecular complexity index is 613. The second-order valence-corrected chi connectivity index (χ2v) is 7.08. The molecule has 0 saturated carbocycles. The number of nitrogens with zero attached hydrogens (tertiary/aromatic N) is 2. The number of hydrogen-bond acceptors (Lipinski definition) is 3. The third-order valence-electron chi connectivity index (χ3n) is 5.27. The number of rotatable bonds is 2. The average Bonchev–Trinajstić information content (AvgIpc) is 3.15. The molecule has 2 amide bonds. The van der Waals surface area contributed by atoms with Crippen LogP contribution in [0.25, 0.3) is 0 Å². The monoisotopic (exact) mass is 316 g/mol. The fourth-order valence-electron chi connectivity index (χ4n) is 3.75. The third-order valence-corrected chi connectivity index (χ3v) is 5.27. The Balaban J connectivity index is 1.66. The van der Waals surface area contributed by atoms with Crippen molar-refractivity contribution in [2.24, 2.45) is 5.41 Å². The number of carbonyl (C=O) groups excluding carboxylic acids is 2.